The second-order valence-corrected chi connectivity index (χ2v) is 15.9. The maximum Gasteiger partial charge on any atom is 0.345 e. The van der Waals surface area contributed by atoms with Gasteiger partial charge in [0.05, 0.1) is 0 Å². The Balaban J connectivity index is 2.70. The van der Waals surface area contributed by atoms with Gasteiger partial charge in [0.15, 0.2) is 8.32 Å². The van der Waals surface area contributed by atoms with Crippen molar-refractivity contribution in [1.82, 2.24) is 0 Å². The minimum Gasteiger partial charge on any atom is -0.438 e. The van der Waals surface area contributed by atoms with E-state index in [0.717, 1.165) is 5.19 Å². The van der Waals surface area contributed by atoms with Gasteiger partial charge in [-0.15, -0.1) is 11.1 Å². The molecular formula is C18H25ClOSi2. The average Bonchev–Trinajstić information content (AvgIpc) is 2.36. The van der Waals surface area contributed by atoms with Crippen LogP contribution in [0.15, 0.2) is 42.5 Å². The highest BCUT2D eigenvalue weighted by molar-refractivity contribution is 7.32. The Morgan fingerprint density at radius 1 is 0.864 bits per heavy atom. The number of hydrogen-bond donors (Lipinski definition) is 0. The van der Waals surface area contributed by atoms with Crippen LogP contribution in [0.4, 0.5) is 0 Å². The Labute approximate surface area is 141 Å². The SMILES string of the molecule is Cc1cc(C)c([Si](Cl)(O[Si](C)(C)C)c2ccccc2)c(C)c1. The molecule has 0 N–H and O–H groups in total. The highest BCUT2D eigenvalue weighted by Crippen LogP contribution is 2.22. The molecule has 0 bridgehead atoms. The van der Waals surface area contributed by atoms with E-state index in [1.165, 1.54) is 21.9 Å². The van der Waals surface area contributed by atoms with E-state index in [2.05, 4.69) is 64.7 Å². The summed E-state index contributed by atoms with van der Waals surface area (Å²) >= 11 is 7.29. The molecule has 2 rings (SSSR count). The van der Waals surface area contributed by atoms with E-state index >= 15 is 0 Å². The molecule has 0 aliphatic rings. The molecule has 0 aromatic heterocycles. The van der Waals surface area contributed by atoms with Crippen molar-refractivity contribution in [2.24, 2.45) is 0 Å². The van der Waals surface area contributed by atoms with Crippen molar-refractivity contribution in [2.45, 2.75) is 40.4 Å². The van der Waals surface area contributed by atoms with Crippen LogP contribution >= 0.6 is 11.1 Å². The molecule has 1 unspecified atom stereocenters. The summed E-state index contributed by atoms with van der Waals surface area (Å²) in [5.41, 5.74) is 3.75. The van der Waals surface area contributed by atoms with E-state index in [1.54, 1.807) is 0 Å². The van der Waals surface area contributed by atoms with Crippen LogP contribution in [0, 0.1) is 20.8 Å². The third-order valence-electron chi connectivity index (χ3n) is 3.59. The highest BCUT2D eigenvalue weighted by atomic mass is 35.6. The zero-order valence-electron chi connectivity index (χ0n) is 14.3. The monoisotopic (exact) mass is 348 g/mol. The first-order valence-electron chi connectivity index (χ1n) is 7.66. The third-order valence-corrected chi connectivity index (χ3v) is 11.6. The van der Waals surface area contributed by atoms with Crippen molar-refractivity contribution >= 4 is 37.4 Å². The largest absolute Gasteiger partial charge is 0.438 e. The molecule has 1 nitrogen and oxygen atoms in total. The van der Waals surface area contributed by atoms with E-state index in [4.69, 9.17) is 15.2 Å². The Bertz CT molecular complexity index is 642. The van der Waals surface area contributed by atoms with Crippen molar-refractivity contribution in [1.29, 1.82) is 0 Å². The lowest BCUT2D eigenvalue weighted by molar-refractivity contribution is 0.586. The fourth-order valence-corrected chi connectivity index (χ4v) is 12.7. The van der Waals surface area contributed by atoms with Crippen LogP contribution < -0.4 is 10.4 Å². The minimum atomic E-state index is -2.72. The first kappa shape index (κ1) is 17.5. The summed E-state index contributed by atoms with van der Waals surface area (Å²) in [4.78, 5) is 0. The summed E-state index contributed by atoms with van der Waals surface area (Å²) < 4.78 is 6.64. The summed E-state index contributed by atoms with van der Waals surface area (Å²) in [6.07, 6.45) is 0. The van der Waals surface area contributed by atoms with Crippen LogP contribution in [0.2, 0.25) is 19.6 Å². The average molecular weight is 349 g/mol. The number of benzene rings is 2. The number of rotatable bonds is 4. The van der Waals surface area contributed by atoms with Gasteiger partial charge in [0.1, 0.15) is 0 Å². The molecule has 0 spiro atoms. The molecule has 4 heteroatoms. The van der Waals surface area contributed by atoms with Crippen molar-refractivity contribution in [3.63, 3.8) is 0 Å². The first-order valence-corrected chi connectivity index (χ1v) is 14.0. The molecule has 0 saturated carbocycles. The van der Waals surface area contributed by atoms with Gasteiger partial charge in [0, 0.05) is 0 Å². The van der Waals surface area contributed by atoms with Crippen molar-refractivity contribution in [3.05, 3.63) is 59.2 Å². The molecular weight excluding hydrogens is 324 g/mol. The van der Waals surface area contributed by atoms with Crippen LogP contribution in [0.1, 0.15) is 16.7 Å². The van der Waals surface area contributed by atoms with Crippen LogP contribution in [0.5, 0.6) is 0 Å². The Morgan fingerprint density at radius 3 is 1.82 bits per heavy atom. The maximum absolute atomic E-state index is 7.29. The Hall–Kier alpha value is -0.876. The molecule has 2 aromatic rings. The summed E-state index contributed by atoms with van der Waals surface area (Å²) in [5, 5.41) is 2.35. The maximum atomic E-state index is 7.29. The smallest absolute Gasteiger partial charge is 0.345 e. The van der Waals surface area contributed by atoms with E-state index in [0.29, 0.717) is 0 Å². The molecule has 118 valence electrons. The first-order chi connectivity index (χ1) is 10.1. The summed E-state index contributed by atoms with van der Waals surface area (Å²) in [6, 6.07) is 14.8. The molecule has 2 aromatic carbocycles. The molecule has 0 aliphatic heterocycles. The normalized spacial score (nSPS) is 14.7. The fraction of sp³-hybridized carbons (Fsp3) is 0.333. The lowest BCUT2D eigenvalue weighted by atomic mass is 10.1. The number of hydrogen-bond acceptors (Lipinski definition) is 1. The molecule has 22 heavy (non-hydrogen) atoms. The van der Waals surface area contributed by atoms with Crippen LogP contribution in [0.25, 0.3) is 0 Å². The van der Waals surface area contributed by atoms with Crippen LogP contribution in [-0.2, 0) is 4.12 Å². The quantitative estimate of drug-likeness (QED) is 0.592. The van der Waals surface area contributed by atoms with Gasteiger partial charge in [-0.05, 0) is 61.9 Å². The molecule has 0 radical (unpaired) electrons. The molecule has 0 fully saturated rings. The Morgan fingerprint density at radius 2 is 1.36 bits per heavy atom. The fourth-order valence-electron chi connectivity index (χ4n) is 3.02. The second-order valence-electron chi connectivity index (χ2n) is 6.95. The summed E-state index contributed by atoms with van der Waals surface area (Å²) in [5.74, 6) is 0. The number of halogens is 1. The molecule has 1 atom stereocenters. The van der Waals surface area contributed by atoms with E-state index in [-0.39, 0.29) is 0 Å². The molecule has 0 aliphatic carbocycles. The van der Waals surface area contributed by atoms with Crippen molar-refractivity contribution in [2.75, 3.05) is 0 Å². The molecule has 0 saturated heterocycles. The van der Waals surface area contributed by atoms with E-state index < -0.39 is 15.9 Å². The lowest BCUT2D eigenvalue weighted by Crippen LogP contribution is -2.62. The zero-order chi connectivity index (χ0) is 16.5. The van der Waals surface area contributed by atoms with E-state index in [9.17, 15) is 0 Å². The number of aryl methyl sites for hydroxylation is 3. The summed E-state index contributed by atoms with van der Waals surface area (Å²) in [7, 11) is -4.50. The second kappa shape index (κ2) is 6.32. The summed E-state index contributed by atoms with van der Waals surface area (Å²) in [6.45, 7) is 13.0. The van der Waals surface area contributed by atoms with Gasteiger partial charge in [-0.1, -0.05) is 48.0 Å². The Kier molecular flexibility index (Phi) is 5.02. The van der Waals surface area contributed by atoms with Crippen molar-refractivity contribution in [3.8, 4) is 0 Å². The highest BCUT2D eigenvalue weighted by Gasteiger charge is 2.43. The molecule has 0 heterocycles. The molecule has 0 amide bonds. The zero-order valence-corrected chi connectivity index (χ0v) is 17.1. The topological polar surface area (TPSA) is 9.23 Å². The van der Waals surface area contributed by atoms with Gasteiger partial charge >= 0.3 is 7.63 Å². The van der Waals surface area contributed by atoms with Gasteiger partial charge in [-0.25, -0.2) is 0 Å². The van der Waals surface area contributed by atoms with Gasteiger partial charge < -0.3 is 4.12 Å². The predicted octanol–water partition coefficient (Wildman–Crippen LogP) is 4.26. The predicted molar refractivity (Wildman–Crippen MR) is 102 cm³/mol. The van der Waals surface area contributed by atoms with Gasteiger partial charge in [-0.3, -0.25) is 0 Å². The van der Waals surface area contributed by atoms with E-state index in [1.807, 2.05) is 18.2 Å². The van der Waals surface area contributed by atoms with Crippen LogP contribution in [-0.4, -0.2) is 15.9 Å². The van der Waals surface area contributed by atoms with Gasteiger partial charge in [-0.2, -0.15) is 0 Å². The third kappa shape index (κ3) is 3.71. The minimum absolute atomic E-state index is 1.13. The van der Waals surface area contributed by atoms with Gasteiger partial charge in [0.2, 0.25) is 0 Å². The lowest BCUT2D eigenvalue weighted by Gasteiger charge is -2.34. The van der Waals surface area contributed by atoms with Gasteiger partial charge in [0.25, 0.3) is 0 Å². The standard InChI is InChI=1S/C18H25ClOSi2/c1-14-12-15(2)18(16(3)13-14)22(19,20-21(4,5)6)17-10-8-7-9-11-17/h7-13H,1-6H3. The van der Waals surface area contributed by atoms with Crippen LogP contribution in [0.3, 0.4) is 0 Å². The van der Waals surface area contributed by atoms with Crippen molar-refractivity contribution < 1.29 is 4.12 Å².